The number of ether oxygens (including phenoxy) is 1. The maximum Gasteiger partial charge on any atom is 0.355 e. The summed E-state index contributed by atoms with van der Waals surface area (Å²) in [5.41, 5.74) is 1.60. The van der Waals surface area contributed by atoms with Gasteiger partial charge in [-0.05, 0) is 25.3 Å². The molecule has 3 aromatic rings. The molecule has 0 unspecified atom stereocenters. The summed E-state index contributed by atoms with van der Waals surface area (Å²) >= 11 is 1.58. The Balaban J connectivity index is 1.81. The summed E-state index contributed by atoms with van der Waals surface area (Å²) in [5.74, 6) is 0.0843. The fourth-order valence-electron chi connectivity index (χ4n) is 2.51. The predicted octanol–water partition coefficient (Wildman–Crippen LogP) is 3.10. The standard InChI is InChI=1S/C17H18N2O4S/c1-3-22-17(21)14-8-15-13(7-11(2)23-15)19(14)10-16(20)18-9-12-5-4-6-24-12/h4-8H,3,9-10H2,1-2H3,(H,18,20). The van der Waals surface area contributed by atoms with Gasteiger partial charge >= 0.3 is 5.97 Å². The van der Waals surface area contributed by atoms with Gasteiger partial charge in [-0.1, -0.05) is 6.07 Å². The summed E-state index contributed by atoms with van der Waals surface area (Å²) in [4.78, 5) is 25.5. The van der Waals surface area contributed by atoms with E-state index in [-0.39, 0.29) is 19.1 Å². The SMILES string of the molecule is CCOC(=O)c1cc2oc(C)cc2n1CC(=O)NCc1cccs1. The highest BCUT2D eigenvalue weighted by atomic mass is 32.1. The zero-order valence-electron chi connectivity index (χ0n) is 13.5. The second kappa shape index (κ2) is 6.92. The van der Waals surface area contributed by atoms with Gasteiger partial charge in [0.25, 0.3) is 0 Å². The molecule has 24 heavy (non-hydrogen) atoms. The number of amides is 1. The third-order valence-corrected chi connectivity index (χ3v) is 4.42. The minimum Gasteiger partial charge on any atom is -0.461 e. The molecule has 3 rings (SSSR count). The van der Waals surface area contributed by atoms with Gasteiger partial charge in [-0.3, -0.25) is 4.79 Å². The van der Waals surface area contributed by atoms with Crippen molar-refractivity contribution in [2.75, 3.05) is 6.61 Å². The van der Waals surface area contributed by atoms with Gasteiger partial charge in [-0.2, -0.15) is 0 Å². The van der Waals surface area contributed by atoms with Crippen molar-refractivity contribution in [1.29, 1.82) is 0 Å². The summed E-state index contributed by atoms with van der Waals surface area (Å²) in [7, 11) is 0. The molecule has 0 saturated carbocycles. The fraction of sp³-hybridized carbons (Fsp3) is 0.294. The quantitative estimate of drug-likeness (QED) is 0.696. The van der Waals surface area contributed by atoms with Gasteiger partial charge in [0.15, 0.2) is 5.58 Å². The van der Waals surface area contributed by atoms with Crippen LogP contribution in [0.5, 0.6) is 0 Å². The van der Waals surface area contributed by atoms with Gasteiger partial charge in [0.2, 0.25) is 5.91 Å². The van der Waals surface area contributed by atoms with E-state index >= 15 is 0 Å². The Morgan fingerprint density at radius 2 is 2.21 bits per heavy atom. The van der Waals surface area contributed by atoms with Crippen LogP contribution < -0.4 is 5.32 Å². The van der Waals surface area contributed by atoms with Gasteiger partial charge in [0.1, 0.15) is 18.0 Å². The molecule has 0 fully saturated rings. The van der Waals surface area contributed by atoms with E-state index in [9.17, 15) is 9.59 Å². The number of nitrogens with one attached hydrogen (secondary N) is 1. The van der Waals surface area contributed by atoms with Gasteiger partial charge in [0.05, 0.1) is 18.7 Å². The number of aromatic nitrogens is 1. The van der Waals surface area contributed by atoms with Crippen LogP contribution in [-0.4, -0.2) is 23.1 Å². The number of aryl methyl sites for hydroxylation is 1. The minimum absolute atomic E-state index is 0.0298. The van der Waals surface area contributed by atoms with Crippen molar-refractivity contribution in [2.24, 2.45) is 0 Å². The molecule has 126 valence electrons. The maximum absolute atomic E-state index is 12.3. The Labute approximate surface area is 143 Å². The van der Waals surface area contributed by atoms with Crippen molar-refractivity contribution in [3.8, 4) is 0 Å². The van der Waals surface area contributed by atoms with Crippen molar-refractivity contribution >= 4 is 34.3 Å². The summed E-state index contributed by atoms with van der Waals surface area (Å²) < 4.78 is 12.3. The smallest absolute Gasteiger partial charge is 0.355 e. The van der Waals surface area contributed by atoms with Crippen LogP contribution in [0.15, 0.2) is 34.1 Å². The predicted molar refractivity (Wildman–Crippen MR) is 91.1 cm³/mol. The van der Waals surface area contributed by atoms with Gasteiger partial charge in [-0.25, -0.2) is 4.79 Å². The van der Waals surface area contributed by atoms with E-state index in [0.717, 1.165) is 10.6 Å². The van der Waals surface area contributed by atoms with E-state index in [4.69, 9.17) is 9.15 Å². The highest BCUT2D eigenvalue weighted by Gasteiger charge is 2.21. The van der Waals surface area contributed by atoms with Crippen LogP contribution >= 0.6 is 11.3 Å². The average Bonchev–Trinajstić information content (AvgIpc) is 3.23. The molecule has 6 nitrogen and oxygen atoms in total. The fourth-order valence-corrected chi connectivity index (χ4v) is 3.15. The average molecular weight is 346 g/mol. The largest absolute Gasteiger partial charge is 0.461 e. The van der Waals surface area contributed by atoms with Crippen molar-refractivity contribution in [3.63, 3.8) is 0 Å². The Hall–Kier alpha value is -2.54. The Bertz CT molecular complexity index is 861. The monoisotopic (exact) mass is 346 g/mol. The van der Waals surface area contributed by atoms with Gasteiger partial charge in [0, 0.05) is 17.0 Å². The highest BCUT2D eigenvalue weighted by Crippen LogP contribution is 2.24. The molecule has 0 radical (unpaired) electrons. The van der Waals surface area contributed by atoms with Crippen LogP contribution in [0, 0.1) is 6.92 Å². The summed E-state index contributed by atoms with van der Waals surface area (Å²) in [5, 5.41) is 4.82. The molecule has 0 aliphatic rings. The van der Waals surface area contributed by atoms with Crippen molar-refractivity contribution in [1.82, 2.24) is 9.88 Å². The first kappa shape index (κ1) is 16.3. The van der Waals surface area contributed by atoms with Crippen LogP contribution in [0.3, 0.4) is 0 Å². The lowest BCUT2D eigenvalue weighted by atomic mass is 10.4. The second-order valence-electron chi connectivity index (χ2n) is 5.30. The number of carbonyl (C=O) groups excluding carboxylic acids is 2. The molecule has 1 amide bonds. The summed E-state index contributed by atoms with van der Waals surface area (Å²) in [6, 6.07) is 7.33. The van der Waals surface area contributed by atoms with Gasteiger partial charge < -0.3 is 19.0 Å². The summed E-state index contributed by atoms with van der Waals surface area (Å²) in [6.07, 6.45) is 0. The minimum atomic E-state index is -0.465. The zero-order valence-corrected chi connectivity index (χ0v) is 14.3. The van der Waals surface area contributed by atoms with Crippen LogP contribution in [-0.2, 0) is 22.6 Å². The van der Waals surface area contributed by atoms with Crippen LogP contribution in [0.2, 0.25) is 0 Å². The number of furan rings is 1. The Kier molecular flexibility index (Phi) is 4.71. The lowest BCUT2D eigenvalue weighted by Gasteiger charge is -2.09. The Morgan fingerprint density at radius 1 is 1.38 bits per heavy atom. The molecular formula is C17H18N2O4S. The maximum atomic E-state index is 12.3. The zero-order chi connectivity index (χ0) is 17.1. The van der Waals surface area contributed by atoms with E-state index in [2.05, 4.69) is 5.32 Å². The molecule has 0 atom stereocenters. The lowest BCUT2D eigenvalue weighted by molar-refractivity contribution is -0.121. The molecule has 0 aromatic carbocycles. The topological polar surface area (TPSA) is 73.5 Å². The molecule has 0 spiro atoms. The molecule has 1 N–H and O–H groups in total. The third-order valence-electron chi connectivity index (χ3n) is 3.54. The number of hydrogen-bond donors (Lipinski definition) is 1. The van der Waals surface area contributed by atoms with E-state index in [1.54, 1.807) is 28.9 Å². The Morgan fingerprint density at radius 3 is 2.92 bits per heavy atom. The number of rotatable bonds is 6. The number of carbonyl (C=O) groups is 2. The second-order valence-corrected chi connectivity index (χ2v) is 6.33. The van der Waals surface area contributed by atoms with Crippen molar-refractivity contribution in [2.45, 2.75) is 26.9 Å². The van der Waals surface area contributed by atoms with Crippen LogP contribution in [0.1, 0.15) is 28.0 Å². The number of hydrogen-bond acceptors (Lipinski definition) is 5. The van der Waals surface area contributed by atoms with E-state index in [1.807, 2.05) is 30.5 Å². The molecule has 7 heteroatoms. The van der Waals surface area contributed by atoms with Gasteiger partial charge in [-0.15, -0.1) is 11.3 Å². The first-order chi connectivity index (χ1) is 11.6. The molecular weight excluding hydrogens is 328 g/mol. The summed E-state index contributed by atoms with van der Waals surface area (Å²) in [6.45, 7) is 4.34. The van der Waals surface area contributed by atoms with Crippen molar-refractivity contribution < 1.29 is 18.7 Å². The lowest BCUT2D eigenvalue weighted by Crippen LogP contribution is -2.28. The molecule has 0 aliphatic carbocycles. The third kappa shape index (κ3) is 3.35. The highest BCUT2D eigenvalue weighted by molar-refractivity contribution is 7.09. The number of fused-ring (bicyclic) bond motifs is 1. The molecule has 0 saturated heterocycles. The number of nitrogens with zero attached hydrogens (tertiary/aromatic N) is 1. The number of thiophene rings is 1. The normalized spacial score (nSPS) is 10.9. The molecule has 0 bridgehead atoms. The molecule has 3 heterocycles. The van der Waals surface area contributed by atoms with E-state index in [1.165, 1.54) is 0 Å². The van der Waals surface area contributed by atoms with E-state index < -0.39 is 5.97 Å². The number of esters is 1. The molecule has 3 aromatic heterocycles. The molecule has 0 aliphatic heterocycles. The first-order valence-corrected chi connectivity index (χ1v) is 8.52. The van der Waals surface area contributed by atoms with Crippen LogP contribution in [0.4, 0.5) is 0 Å². The van der Waals surface area contributed by atoms with E-state index in [0.29, 0.717) is 23.3 Å². The van der Waals surface area contributed by atoms with Crippen LogP contribution in [0.25, 0.3) is 11.1 Å². The first-order valence-electron chi connectivity index (χ1n) is 7.64. The van der Waals surface area contributed by atoms with Crippen molar-refractivity contribution in [3.05, 3.63) is 46.0 Å².